The summed E-state index contributed by atoms with van der Waals surface area (Å²) in [4.78, 5) is 17.3. The zero-order valence-electron chi connectivity index (χ0n) is 20.1. The van der Waals surface area contributed by atoms with Gasteiger partial charge in [-0.15, -0.1) is 0 Å². The van der Waals surface area contributed by atoms with Crippen LogP contribution in [0.15, 0.2) is 47.0 Å². The van der Waals surface area contributed by atoms with E-state index in [2.05, 4.69) is 36.2 Å². The van der Waals surface area contributed by atoms with Crippen molar-refractivity contribution in [2.75, 3.05) is 5.32 Å². The van der Waals surface area contributed by atoms with Crippen molar-refractivity contribution in [2.45, 2.75) is 67.1 Å². The maximum atomic E-state index is 12.8. The van der Waals surface area contributed by atoms with Crippen LogP contribution in [0.3, 0.4) is 0 Å². The molecule has 1 heterocycles. The van der Waals surface area contributed by atoms with E-state index in [0.717, 1.165) is 22.4 Å². The zero-order valence-corrected chi connectivity index (χ0v) is 20.1. The Morgan fingerprint density at radius 1 is 1.03 bits per heavy atom. The van der Waals surface area contributed by atoms with Gasteiger partial charge in [0.25, 0.3) is 5.91 Å². The van der Waals surface area contributed by atoms with Gasteiger partial charge in [-0.2, -0.15) is 4.98 Å². The summed E-state index contributed by atoms with van der Waals surface area (Å²) in [6.45, 7) is 14.9. The lowest BCUT2D eigenvalue weighted by Gasteiger charge is -2.21. The molecule has 32 heavy (non-hydrogen) atoms. The first-order valence-electron chi connectivity index (χ1n) is 10.9. The van der Waals surface area contributed by atoms with Crippen LogP contribution in [-0.4, -0.2) is 21.6 Å². The van der Waals surface area contributed by atoms with Gasteiger partial charge in [-0.1, -0.05) is 50.2 Å². The van der Waals surface area contributed by atoms with E-state index in [1.807, 2.05) is 58.0 Å². The summed E-state index contributed by atoms with van der Waals surface area (Å²) in [7, 11) is 0. The number of anilines is 1. The summed E-state index contributed by atoms with van der Waals surface area (Å²) < 4.78 is 11.3. The van der Waals surface area contributed by atoms with Gasteiger partial charge in [-0.3, -0.25) is 4.79 Å². The van der Waals surface area contributed by atoms with Gasteiger partial charge in [0.1, 0.15) is 0 Å². The topological polar surface area (TPSA) is 77.2 Å². The fourth-order valence-corrected chi connectivity index (χ4v) is 3.13. The van der Waals surface area contributed by atoms with Crippen LogP contribution >= 0.6 is 0 Å². The molecule has 1 aromatic heterocycles. The molecule has 0 saturated carbocycles. The molecular weight excluding hydrogens is 402 g/mol. The Morgan fingerprint density at radius 3 is 2.34 bits per heavy atom. The Morgan fingerprint density at radius 2 is 1.72 bits per heavy atom. The normalized spacial score (nSPS) is 12.1. The standard InChI is InChI=1S/C26H33N3O3/c1-17-20(16-31-26(5,6)7)9-8-10-21(17)27-24(30)19-13-11-18(12-14-19)23-28-22(32-29-23)15-25(2,3)4/h8-14H,15-16H2,1-7H3,(H,27,30). The lowest BCUT2D eigenvalue weighted by molar-refractivity contribution is -0.0151. The zero-order chi connectivity index (χ0) is 23.5. The van der Waals surface area contributed by atoms with E-state index in [0.29, 0.717) is 30.3 Å². The van der Waals surface area contributed by atoms with Crippen LogP contribution in [0.2, 0.25) is 0 Å². The molecule has 1 N–H and O–H groups in total. The van der Waals surface area contributed by atoms with Crippen LogP contribution in [-0.2, 0) is 17.8 Å². The summed E-state index contributed by atoms with van der Waals surface area (Å²) in [5.41, 5.74) is 4.04. The highest BCUT2D eigenvalue weighted by Crippen LogP contribution is 2.24. The number of hydrogen-bond donors (Lipinski definition) is 1. The molecule has 0 saturated heterocycles. The number of nitrogens with one attached hydrogen (secondary N) is 1. The van der Waals surface area contributed by atoms with Crippen molar-refractivity contribution in [3.63, 3.8) is 0 Å². The Hall–Kier alpha value is -2.99. The lowest BCUT2D eigenvalue weighted by atomic mass is 9.92. The molecule has 0 radical (unpaired) electrons. The van der Waals surface area contributed by atoms with Crippen LogP contribution in [0.1, 0.15) is 68.9 Å². The van der Waals surface area contributed by atoms with Crippen LogP contribution in [0, 0.1) is 12.3 Å². The number of hydrogen-bond acceptors (Lipinski definition) is 5. The Kier molecular flexibility index (Phi) is 6.84. The summed E-state index contributed by atoms with van der Waals surface area (Å²) in [5, 5.41) is 7.08. The van der Waals surface area contributed by atoms with Crippen LogP contribution in [0.5, 0.6) is 0 Å². The van der Waals surface area contributed by atoms with Crippen LogP contribution in [0.25, 0.3) is 11.4 Å². The van der Waals surface area contributed by atoms with E-state index in [9.17, 15) is 4.79 Å². The number of rotatable bonds is 6. The van der Waals surface area contributed by atoms with Gasteiger partial charge in [-0.05, 0) is 62.4 Å². The summed E-state index contributed by atoms with van der Waals surface area (Å²) in [6, 6.07) is 13.1. The quantitative estimate of drug-likeness (QED) is 0.499. The van der Waals surface area contributed by atoms with Crippen molar-refractivity contribution >= 4 is 11.6 Å². The van der Waals surface area contributed by atoms with E-state index in [1.165, 1.54) is 0 Å². The predicted octanol–water partition coefficient (Wildman–Crippen LogP) is 6.20. The molecule has 0 fully saturated rings. The molecule has 6 nitrogen and oxygen atoms in total. The van der Waals surface area contributed by atoms with Crippen molar-refractivity contribution in [3.05, 3.63) is 65.0 Å². The van der Waals surface area contributed by atoms with E-state index >= 15 is 0 Å². The molecule has 0 unspecified atom stereocenters. The Balaban J connectivity index is 1.69. The summed E-state index contributed by atoms with van der Waals surface area (Å²) in [6.07, 6.45) is 0.708. The Labute approximate surface area is 190 Å². The predicted molar refractivity (Wildman–Crippen MR) is 127 cm³/mol. The average molecular weight is 436 g/mol. The second kappa shape index (κ2) is 9.25. The minimum Gasteiger partial charge on any atom is -0.371 e. The third-order valence-corrected chi connectivity index (χ3v) is 4.91. The lowest BCUT2D eigenvalue weighted by Crippen LogP contribution is -2.19. The number of aromatic nitrogens is 2. The number of amides is 1. The second-order valence-corrected chi connectivity index (χ2v) is 10.3. The van der Waals surface area contributed by atoms with Crippen molar-refractivity contribution in [3.8, 4) is 11.4 Å². The highest BCUT2D eigenvalue weighted by Gasteiger charge is 2.18. The van der Waals surface area contributed by atoms with Gasteiger partial charge in [0.15, 0.2) is 0 Å². The van der Waals surface area contributed by atoms with Crippen molar-refractivity contribution in [2.24, 2.45) is 5.41 Å². The van der Waals surface area contributed by atoms with Crippen molar-refractivity contribution in [1.82, 2.24) is 10.1 Å². The molecule has 0 aliphatic rings. The minimum absolute atomic E-state index is 0.0695. The van der Waals surface area contributed by atoms with Gasteiger partial charge in [0.05, 0.1) is 12.2 Å². The first-order valence-corrected chi connectivity index (χ1v) is 10.9. The first kappa shape index (κ1) is 23.7. The highest BCUT2D eigenvalue weighted by molar-refractivity contribution is 6.04. The molecule has 2 aromatic carbocycles. The van der Waals surface area contributed by atoms with Gasteiger partial charge in [0, 0.05) is 23.2 Å². The first-order chi connectivity index (χ1) is 14.9. The van der Waals surface area contributed by atoms with E-state index in [1.54, 1.807) is 12.1 Å². The maximum Gasteiger partial charge on any atom is 0.255 e. The fourth-order valence-electron chi connectivity index (χ4n) is 3.13. The SMILES string of the molecule is Cc1c(COC(C)(C)C)cccc1NC(=O)c1ccc(-c2noc(CC(C)(C)C)n2)cc1. The van der Waals surface area contributed by atoms with E-state index in [4.69, 9.17) is 9.26 Å². The smallest absolute Gasteiger partial charge is 0.255 e. The van der Waals surface area contributed by atoms with Crippen molar-refractivity contribution < 1.29 is 14.1 Å². The highest BCUT2D eigenvalue weighted by atomic mass is 16.5. The monoisotopic (exact) mass is 435 g/mol. The molecule has 0 bridgehead atoms. The second-order valence-electron chi connectivity index (χ2n) is 10.3. The third kappa shape index (κ3) is 6.50. The number of benzene rings is 2. The van der Waals surface area contributed by atoms with Gasteiger partial charge >= 0.3 is 0 Å². The number of ether oxygens (including phenoxy) is 1. The van der Waals surface area contributed by atoms with Gasteiger partial charge < -0.3 is 14.6 Å². The third-order valence-electron chi connectivity index (χ3n) is 4.91. The molecule has 3 aromatic rings. The van der Waals surface area contributed by atoms with Crippen molar-refractivity contribution in [1.29, 1.82) is 0 Å². The Bertz CT molecular complexity index is 1070. The van der Waals surface area contributed by atoms with Gasteiger partial charge in [-0.25, -0.2) is 0 Å². The summed E-state index contributed by atoms with van der Waals surface area (Å²) >= 11 is 0. The average Bonchev–Trinajstić information content (AvgIpc) is 3.14. The molecule has 3 rings (SSSR count). The molecule has 0 aliphatic carbocycles. The van der Waals surface area contributed by atoms with E-state index in [-0.39, 0.29) is 16.9 Å². The van der Waals surface area contributed by atoms with Gasteiger partial charge in [0.2, 0.25) is 11.7 Å². The molecule has 0 atom stereocenters. The molecule has 0 aliphatic heterocycles. The number of carbonyl (C=O) groups is 1. The molecule has 6 heteroatoms. The van der Waals surface area contributed by atoms with Crippen LogP contribution in [0.4, 0.5) is 5.69 Å². The fraction of sp³-hybridized carbons (Fsp3) is 0.423. The number of nitrogens with zero attached hydrogens (tertiary/aromatic N) is 2. The largest absolute Gasteiger partial charge is 0.371 e. The molecule has 170 valence electrons. The summed E-state index contributed by atoms with van der Waals surface area (Å²) in [5.74, 6) is 0.966. The maximum absolute atomic E-state index is 12.8. The minimum atomic E-state index is -0.223. The molecule has 0 spiro atoms. The molecular formula is C26H33N3O3. The molecule has 1 amide bonds. The van der Waals surface area contributed by atoms with Crippen LogP contribution < -0.4 is 5.32 Å². The van der Waals surface area contributed by atoms with E-state index < -0.39 is 0 Å². The number of carbonyl (C=O) groups excluding carboxylic acids is 1.